The van der Waals surface area contributed by atoms with Gasteiger partial charge >= 0.3 is 0 Å². The van der Waals surface area contributed by atoms with E-state index in [9.17, 15) is 4.79 Å². The van der Waals surface area contributed by atoms with Gasteiger partial charge < -0.3 is 5.73 Å². The van der Waals surface area contributed by atoms with E-state index in [2.05, 4.69) is 5.43 Å². The molecule has 8 heavy (non-hydrogen) atoms. The lowest BCUT2D eigenvalue weighted by molar-refractivity contribution is -0.129. The van der Waals surface area contributed by atoms with Crippen LogP contribution in [0.15, 0.2) is 0 Å². The molecule has 1 atom stereocenters. The summed E-state index contributed by atoms with van der Waals surface area (Å²) >= 11 is 0. The first-order valence-electron chi connectivity index (χ1n) is 2.48. The fraction of sp³-hybridized carbons (Fsp3) is 0.750. The van der Waals surface area contributed by atoms with Gasteiger partial charge in [-0.1, -0.05) is 0 Å². The summed E-state index contributed by atoms with van der Waals surface area (Å²) in [6, 6.07) is -0.333. The molecule has 1 fully saturated rings. The number of carbonyl (C=O) groups is 1. The molecule has 0 unspecified atom stereocenters. The van der Waals surface area contributed by atoms with Crippen LogP contribution in [-0.4, -0.2) is 30.6 Å². The minimum Gasteiger partial charge on any atom is -0.319 e. The average Bonchev–Trinajstić information content (AvgIpc) is 1.98. The number of rotatable bonds is 0. The zero-order valence-electron chi connectivity index (χ0n) is 4.72. The second kappa shape index (κ2) is 1.72. The van der Waals surface area contributed by atoms with E-state index in [1.54, 1.807) is 7.05 Å². The predicted molar refractivity (Wildman–Crippen MR) is 28.7 cm³/mol. The van der Waals surface area contributed by atoms with Crippen LogP contribution in [-0.2, 0) is 4.79 Å². The summed E-state index contributed by atoms with van der Waals surface area (Å²) in [6.45, 7) is 0.565. The predicted octanol–water partition coefficient (Wildman–Crippen LogP) is -1.71. The number of likely N-dealkylation sites (N-methyl/N-ethyl adjacent to an activating group) is 1. The number of nitrogens with two attached hydrogens (primary N) is 1. The molecule has 0 aliphatic carbocycles. The Balaban J connectivity index is 2.57. The second-order valence-electron chi connectivity index (χ2n) is 1.87. The number of hydrazine groups is 1. The summed E-state index contributed by atoms with van der Waals surface area (Å²) in [7, 11) is 1.66. The van der Waals surface area contributed by atoms with Gasteiger partial charge in [0.15, 0.2) is 0 Å². The standard InChI is InChI=1S/C4H9N3O/c1-7-4(8)3(5)2-6-7/h3,6H,2,5H2,1H3/t3-/m1/s1. The van der Waals surface area contributed by atoms with E-state index in [1.165, 1.54) is 5.01 Å². The van der Waals surface area contributed by atoms with Gasteiger partial charge in [0.25, 0.3) is 5.91 Å². The zero-order valence-corrected chi connectivity index (χ0v) is 4.72. The van der Waals surface area contributed by atoms with E-state index in [0.717, 1.165) is 0 Å². The molecule has 0 radical (unpaired) electrons. The Morgan fingerprint density at radius 2 is 2.62 bits per heavy atom. The van der Waals surface area contributed by atoms with E-state index >= 15 is 0 Å². The molecule has 46 valence electrons. The van der Waals surface area contributed by atoms with E-state index in [4.69, 9.17) is 5.73 Å². The van der Waals surface area contributed by atoms with Crippen LogP contribution in [0.4, 0.5) is 0 Å². The smallest absolute Gasteiger partial charge is 0.254 e. The van der Waals surface area contributed by atoms with Gasteiger partial charge in [-0.15, -0.1) is 0 Å². The van der Waals surface area contributed by atoms with Gasteiger partial charge in [-0.25, -0.2) is 5.43 Å². The maximum atomic E-state index is 10.6. The normalized spacial score (nSPS) is 29.5. The lowest BCUT2D eigenvalue weighted by Crippen LogP contribution is -2.33. The molecule has 0 bridgehead atoms. The number of nitrogens with zero attached hydrogens (tertiary/aromatic N) is 1. The Morgan fingerprint density at radius 1 is 2.00 bits per heavy atom. The van der Waals surface area contributed by atoms with Crippen LogP contribution in [0.1, 0.15) is 0 Å². The van der Waals surface area contributed by atoms with Gasteiger partial charge in [-0.05, 0) is 0 Å². The Hall–Kier alpha value is -0.610. The van der Waals surface area contributed by atoms with Gasteiger partial charge in [0, 0.05) is 13.6 Å². The third kappa shape index (κ3) is 0.677. The molecule has 1 aliphatic heterocycles. The maximum absolute atomic E-state index is 10.6. The molecule has 3 N–H and O–H groups in total. The molecule has 1 saturated heterocycles. The van der Waals surface area contributed by atoms with E-state index < -0.39 is 0 Å². The highest BCUT2D eigenvalue weighted by molar-refractivity contribution is 5.82. The molecule has 0 spiro atoms. The SMILES string of the molecule is CN1NC[C@@H](N)C1=O. The van der Waals surface area contributed by atoms with E-state index in [0.29, 0.717) is 6.54 Å². The molecule has 1 rings (SSSR count). The van der Waals surface area contributed by atoms with Gasteiger partial charge in [-0.3, -0.25) is 9.80 Å². The van der Waals surface area contributed by atoms with Gasteiger partial charge in [-0.2, -0.15) is 0 Å². The summed E-state index contributed by atoms with van der Waals surface area (Å²) in [5.41, 5.74) is 8.09. The molecule has 0 aromatic carbocycles. The van der Waals surface area contributed by atoms with Crippen LogP contribution in [0, 0.1) is 0 Å². The van der Waals surface area contributed by atoms with Gasteiger partial charge in [0.1, 0.15) is 6.04 Å². The van der Waals surface area contributed by atoms with Crippen LogP contribution in [0.2, 0.25) is 0 Å². The molecule has 1 amide bonds. The summed E-state index contributed by atoms with van der Waals surface area (Å²) in [4.78, 5) is 10.6. The average molecular weight is 115 g/mol. The van der Waals surface area contributed by atoms with Crippen LogP contribution in [0.5, 0.6) is 0 Å². The number of carbonyl (C=O) groups excluding carboxylic acids is 1. The number of hydrogen-bond acceptors (Lipinski definition) is 3. The number of amides is 1. The Bertz CT molecular complexity index is 102. The molecule has 0 aromatic rings. The largest absolute Gasteiger partial charge is 0.319 e. The quantitative estimate of drug-likeness (QED) is 0.395. The third-order valence-electron chi connectivity index (χ3n) is 1.20. The van der Waals surface area contributed by atoms with Crippen molar-refractivity contribution < 1.29 is 4.79 Å². The van der Waals surface area contributed by atoms with Crippen molar-refractivity contribution in [1.82, 2.24) is 10.4 Å². The van der Waals surface area contributed by atoms with Crippen LogP contribution >= 0.6 is 0 Å². The molecule has 1 heterocycles. The Labute approximate surface area is 47.6 Å². The summed E-state index contributed by atoms with van der Waals surface area (Å²) < 4.78 is 0. The highest BCUT2D eigenvalue weighted by atomic mass is 16.2. The fourth-order valence-electron chi connectivity index (χ4n) is 0.649. The van der Waals surface area contributed by atoms with Crippen molar-refractivity contribution in [2.75, 3.05) is 13.6 Å². The van der Waals surface area contributed by atoms with E-state index in [1.807, 2.05) is 0 Å². The van der Waals surface area contributed by atoms with Gasteiger partial charge in [0.2, 0.25) is 0 Å². The zero-order chi connectivity index (χ0) is 6.15. The van der Waals surface area contributed by atoms with Crippen LogP contribution < -0.4 is 11.2 Å². The Morgan fingerprint density at radius 3 is 2.75 bits per heavy atom. The first-order valence-corrected chi connectivity index (χ1v) is 2.48. The monoisotopic (exact) mass is 115 g/mol. The van der Waals surface area contributed by atoms with Crippen LogP contribution in [0.25, 0.3) is 0 Å². The second-order valence-corrected chi connectivity index (χ2v) is 1.87. The summed E-state index contributed by atoms with van der Waals surface area (Å²) in [5.74, 6) is -0.0370. The molecule has 4 heteroatoms. The van der Waals surface area contributed by atoms with Crippen molar-refractivity contribution in [3.63, 3.8) is 0 Å². The van der Waals surface area contributed by atoms with Crippen molar-refractivity contribution >= 4 is 5.91 Å². The van der Waals surface area contributed by atoms with Crippen molar-refractivity contribution in [1.29, 1.82) is 0 Å². The molecule has 0 saturated carbocycles. The first kappa shape index (κ1) is 5.53. The first-order chi connectivity index (χ1) is 3.72. The Kier molecular flexibility index (Phi) is 1.19. The molecular weight excluding hydrogens is 106 g/mol. The lowest BCUT2D eigenvalue weighted by atomic mass is 10.3. The highest BCUT2D eigenvalue weighted by Crippen LogP contribution is 1.92. The van der Waals surface area contributed by atoms with Crippen molar-refractivity contribution in [3.05, 3.63) is 0 Å². The van der Waals surface area contributed by atoms with Gasteiger partial charge in [0.05, 0.1) is 0 Å². The molecule has 1 aliphatic rings. The molecule has 4 nitrogen and oxygen atoms in total. The molecular formula is C4H9N3O. The minimum absolute atomic E-state index is 0.0370. The topological polar surface area (TPSA) is 58.4 Å². The van der Waals surface area contributed by atoms with Crippen molar-refractivity contribution in [2.45, 2.75) is 6.04 Å². The van der Waals surface area contributed by atoms with Crippen molar-refractivity contribution in [2.24, 2.45) is 5.73 Å². The third-order valence-corrected chi connectivity index (χ3v) is 1.20. The highest BCUT2D eigenvalue weighted by Gasteiger charge is 2.24. The lowest BCUT2D eigenvalue weighted by Gasteiger charge is -2.05. The van der Waals surface area contributed by atoms with Crippen LogP contribution in [0.3, 0.4) is 0 Å². The van der Waals surface area contributed by atoms with Crippen molar-refractivity contribution in [3.8, 4) is 0 Å². The molecule has 0 aromatic heterocycles. The summed E-state index contributed by atoms with van der Waals surface area (Å²) in [6.07, 6.45) is 0. The van der Waals surface area contributed by atoms with E-state index in [-0.39, 0.29) is 11.9 Å². The number of nitrogens with one attached hydrogen (secondary N) is 1. The number of hydrogen-bond donors (Lipinski definition) is 2. The minimum atomic E-state index is -0.333. The summed E-state index contributed by atoms with van der Waals surface area (Å²) in [5, 5.41) is 1.41. The maximum Gasteiger partial charge on any atom is 0.254 e. The fourth-order valence-corrected chi connectivity index (χ4v) is 0.649.